The van der Waals surface area contributed by atoms with Crippen LogP contribution in [-0.4, -0.2) is 18.2 Å². The van der Waals surface area contributed by atoms with Crippen LogP contribution in [0.1, 0.15) is 15.9 Å². The van der Waals surface area contributed by atoms with Crippen LogP contribution in [0.2, 0.25) is 5.02 Å². The number of carbonyl (C=O) groups excluding carboxylic acids is 1. The van der Waals surface area contributed by atoms with Gasteiger partial charge in [0.1, 0.15) is 5.75 Å². The zero-order chi connectivity index (χ0) is 14.5. The molecule has 0 aromatic heterocycles. The average Bonchev–Trinajstić information content (AvgIpc) is 2.48. The van der Waals surface area contributed by atoms with E-state index in [2.05, 4.69) is 10.1 Å². The number of nitrogens with one attached hydrogen (secondary N) is 1. The molecule has 0 aliphatic carbocycles. The Labute approximate surface area is 122 Å². The molecule has 0 spiro atoms. The van der Waals surface area contributed by atoms with Gasteiger partial charge in [-0.1, -0.05) is 23.7 Å². The van der Waals surface area contributed by atoms with E-state index in [1.165, 1.54) is 13.2 Å². The van der Waals surface area contributed by atoms with Crippen LogP contribution in [0.15, 0.2) is 42.5 Å². The minimum absolute atomic E-state index is 0.0552. The second kappa shape index (κ2) is 6.30. The Morgan fingerprint density at radius 2 is 1.95 bits per heavy atom. The Bertz CT molecular complexity index is 611. The number of aromatic hydroxyl groups is 1. The van der Waals surface area contributed by atoms with E-state index in [0.717, 1.165) is 11.3 Å². The predicted octanol–water partition coefficient (Wildman–Crippen LogP) is 3.44. The lowest BCUT2D eigenvalue weighted by Crippen LogP contribution is -2.03. The lowest BCUT2D eigenvalue weighted by atomic mass is 10.1. The van der Waals surface area contributed by atoms with E-state index in [1.54, 1.807) is 24.3 Å². The monoisotopic (exact) mass is 291 g/mol. The maximum Gasteiger partial charge on any atom is 0.337 e. The number of phenolic OH excluding ortho intramolecular Hbond substituents is 1. The number of ether oxygens (including phenoxy) is 1. The summed E-state index contributed by atoms with van der Waals surface area (Å²) in [5, 5.41) is 12.8. The van der Waals surface area contributed by atoms with Crippen LogP contribution in [0.3, 0.4) is 0 Å². The lowest BCUT2D eigenvalue weighted by molar-refractivity contribution is 0.0600. The van der Waals surface area contributed by atoms with E-state index in [-0.39, 0.29) is 11.7 Å². The highest BCUT2D eigenvalue weighted by Crippen LogP contribution is 2.26. The number of hydrogen-bond donors (Lipinski definition) is 2. The fourth-order valence-electron chi connectivity index (χ4n) is 1.70. The van der Waals surface area contributed by atoms with Gasteiger partial charge in [0, 0.05) is 12.2 Å². The highest BCUT2D eigenvalue weighted by atomic mass is 35.5. The van der Waals surface area contributed by atoms with Gasteiger partial charge in [-0.15, -0.1) is 0 Å². The maximum absolute atomic E-state index is 11.3. The molecular formula is C15H14ClNO3. The van der Waals surface area contributed by atoms with Crippen LogP contribution in [-0.2, 0) is 11.3 Å². The summed E-state index contributed by atoms with van der Waals surface area (Å²) >= 11 is 5.83. The molecule has 0 saturated heterocycles. The minimum atomic E-state index is -0.352. The first-order chi connectivity index (χ1) is 9.60. The van der Waals surface area contributed by atoms with Gasteiger partial charge in [0.15, 0.2) is 0 Å². The van der Waals surface area contributed by atoms with E-state index >= 15 is 0 Å². The van der Waals surface area contributed by atoms with Crippen molar-refractivity contribution < 1.29 is 14.6 Å². The summed E-state index contributed by atoms with van der Waals surface area (Å²) < 4.78 is 4.64. The highest BCUT2D eigenvalue weighted by molar-refractivity contribution is 6.32. The zero-order valence-corrected chi connectivity index (χ0v) is 11.6. The highest BCUT2D eigenvalue weighted by Gasteiger charge is 2.04. The van der Waals surface area contributed by atoms with E-state index in [9.17, 15) is 9.90 Å². The number of methoxy groups -OCH3 is 1. The summed E-state index contributed by atoms with van der Waals surface area (Å²) in [6, 6.07) is 12.1. The average molecular weight is 292 g/mol. The molecule has 2 N–H and O–H groups in total. The standard InChI is InChI=1S/C15H14ClNO3/c1-20-15(19)11-4-2-10(3-5-11)9-17-12-6-7-14(18)13(16)8-12/h2-8,17-18H,9H2,1H3. The number of esters is 1. The van der Waals surface area contributed by atoms with E-state index < -0.39 is 0 Å². The number of anilines is 1. The third kappa shape index (κ3) is 3.42. The number of halogens is 1. The maximum atomic E-state index is 11.3. The van der Waals surface area contributed by atoms with Gasteiger partial charge in [0.2, 0.25) is 0 Å². The van der Waals surface area contributed by atoms with E-state index in [0.29, 0.717) is 17.1 Å². The van der Waals surface area contributed by atoms with Gasteiger partial charge in [-0.05, 0) is 35.9 Å². The zero-order valence-electron chi connectivity index (χ0n) is 10.9. The molecular weight excluding hydrogens is 278 g/mol. The molecule has 0 fully saturated rings. The molecule has 0 saturated carbocycles. The van der Waals surface area contributed by atoms with Crippen molar-refractivity contribution in [3.63, 3.8) is 0 Å². The molecule has 2 aromatic carbocycles. The summed E-state index contributed by atoms with van der Waals surface area (Å²) in [5.74, 6) is -0.297. The van der Waals surface area contributed by atoms with Gasteiger partial charge in [-0.2, -0.15) is 0 Å². The molecule has 4 nitrogen and oxygen atoms in total. The summed E-state index contributed by atoms with van der Waals surface area (Å²) in [6.45, 7) is 0.586. The SMILES string of the molecule is COC(=O)c1ccc(CNc2ccc(O)c(Cl)c2)cc1. The van der Waals surface area contributed by atoms with Crippen molar-refractivity contribution in [1.29, 1.82) is 0 Å². The summed E-state index contributed by atoms with van der Waals surface area (Å²) in [7, 11) is 1.35. The Hall–Kier alpha value is -2.20. The summed E-state index contributed by atoms with van der Waals surface area (Å²) in [5.41, 5.74) is 2.34. The van der Waals surface area contributed by atoms with Crippen molar-refractivity contribution in [1.82, 2.24) is 0 Å². The van der Waals surface area contributed by atoms with Gasteiger partial charge in [0.05, 0.1) is 17.7 Å². The first-order valence-corrected chi connectivity index (χ1v) is 6.37. The molecule has 0 atom stereocenters. The number of benzene rings is 2. The smallest absolute Gasteiger partial charge is 0.337 e. The molecule has 0 heterocycles. The van der Waals surface area contributed by atoms with Crippen LogP contribution >= 0.6 is 11.6 Å². The molecule has 0 unspecified atom stereocenters. The third-order valence-electron chi connectivity index (χ3n) is 2.82. The molecule has 20 heavy (non-hydrogen) atoms. The number of rotatable bonds is 4. The lowest BCUT2D eigenvalue weighted by Gasteiger charge is -2.08. The first-order valence-electron chi connectivity index (χ1n) is 6.00. The second-order valence-electron chi connectivity index (χ2n) is 4.21. The van der Waals surface area contributed by atoms with Crippen LogP contribution < -0.4 is 5.32 Å². The second-order valence-corrected chi connectivity index (χ2v) is 4.62. The topological polar surface area (TPSA) is 58.6 Å². The Kier molecular flexibility index (Phi) is 4.48. The van der Waals surface area contributed by atoms with Gasteiger partial charge >= 0.3 is 5.97 Å². The number of phenols is 1. The van der Waals surface area contributed by atoms with Gasteiger partial charge in [-0.3, -0.25) is 0 Å². The molecule has 0 aliphatic rings. The molecule has 0 radical (unpaired) electrons. The largest absolute Gasteiger partial charge is 0.506 e. The molecule has 0 bridgehead atoms. The summed E-state index contributed by atoms with van der Waals surface area (Å²) in [6.07, 6.45) is 0. The van der Waals surface area contributed by atoms with Crippen LogP contribution in [0.25, 0.3) is 0 Å². The molecule has 2 rings (SSSR count). The van der Waals surface area contributed by atoms with Crippen molar-refractivity contribution in [3.8, 4) is 5.75 Å². The quantitative estimate of drug-likeness (QED) is 0.669. The van der Waals surface area contributed by atoms with Crippen molar-refractivity contribution in [2.45, 2.75) is 6.54 Å². The van der Waals surface area contributed by atoms with Crippen LogP contribution in [0.4, 0.5) is 5.69 Å². The van der Waals surface area contributed by atoms with Crippen molar-refractivity contribution in [3.05, 3.63) is 58.6 Å². The molecule has 0 amide bonds. The summed E-state index contributed by atoms with van der Waals surface area (Å²) in [4.78, 5) is 11.3. The van der Waals surface area contributed by atoms with Gasteiger partial charge in [-0.25, -0.2) is 4.79 Å². The fourth-order valence-corrected chi connectivity index (χ4v) is 1.88. The van der Waals surface area contributed by atoms with E-state index in [1.807, 2.05) is 12.1 Å². The normalized spacial score (nSPS) is 10.1. The van der Waals surface area contributed by atoms with Crippen LogP contribution in [0.5, 0.6) is 5.75 Å². The third-order valence-corrected chi connectivity index (χ3v) is 3.12. The Balaban J connectivity index is 2.00. The first kappa shape index (κ1) is 14.2. The van der Waals surface area contributed by atoms with Gasteiger partial charge in [0.25, 0.3) is 0 Å². The molecule has 0 aliphatic heterocycles. The van der Waals surface area contributed by atoms with Gasteiger partial charge < -0.3 is 15.2 Å². The predicted molar refractivity (Wildman–Crippen MR) is 78.2 cm³/mol. The molecule has 5 heteroatoms. The van der Waals surface area contributed by atoms with E-state index in [4.69, 9.17) is 11.6 Å². The fraction of sp³-hybridized carbons (Fsp3) is 0.133. The number of hydrogen-bond acceptors (Lipinski definition) is 4. The van der Waals surface area contributed by atoms with Crippen molar-refractivity contribution >= 4 is 23.3 Å². The molecule has 2 aromatic rings. The van der Waals surface area contributed by atoms with Crippen molar-refractivity contribution in [2.75, 3.05) is 12.4 Å². The number of carbonyl (C=O) groups is 1. The minimum Gasteiger partial charge on any atom is -0.506 e. The Morgan fingerprint density at radius 1 is 1.25 bits per heavy atom. The van der Waals surface area contributed by atoms with Crippen LogP contribution in [0, 0.1) is 0 Å². The molecule has 104 valence electrons. The Morgan fingerprint density at radius 3 is 2.55 bits per heavy atom. The van der Waals surface area contributed by atoms with Crippen molar-refractivity contribution in [2.24, 2.45) is 0 Å².